The lowest BCUT2D eigenvalue weighted by Gasteiger charge is -2.09. The van der Waals surface area contributed by atoms with Crippen LogP contribution in [0.5, 0.6) is 5.75 Å². The van der Waals surface area contributed by atoms with Crippen molar-refractivity contribution in [3.63, 3.8) is 0 Å². The van der Waals surface area contributed by atoms with Gasteiger partial charge in [-0.1, -0.05) is 56.3 Å². The Bertz CT molecular complexity index is 1060. The number of nitrogens with one attached hydrogen (secondary N) is 2. The van der Waals surface area contributed by atoms with Gasteiger partial charge in [0.05, 0.1) is 6.21 Å². The number of ether oxygens (including phenoxy) is 1. The average Bonchev–Trinajstić information content (AvgIpc) is 2.79. The molecule has 0 fully saturated rings. The van der Waals surface area contributed by atoms with Crippen LogP contribution in [0.2, 0.25) is 0 Å². The Morgan fingerprint density at radius 3 is 2.34 bits per heavy atom. The van der Waals surface area contributed by atoms with Gasteiger partial charge in [-0.05, 0) is 47.9 Å². The molecule has 0 unspecified atom stereocenters. The molecule has 0 bridgehead atoms. The lowest BCUT2D eigenvalue weighted by atomic mass is 10.1. The second-order valence-electron chi connectivity index (χ2n) is 7.73. The number of anilines is 1. The third kappa shape index (κ3) is 7.09. The number of hydrogen-bond acceptors (Lipinski definition) is 4. The molecule has 0 spiro atoms. The number of carbonyl (C=O) groups excluding carboxylic acids is 2. The summed E-state index contributed by atoms with van der Waals surface area (Å²) in [7, 11) is 0. The smallest absolute Gasteiger partial charge is 0.271 e. The summed E-state index contributed by atoms with van der Waals surface area (Å²) in [6, 6.07) is 24.1. The van der Waals surface area contributed by atoms with Crippen LogP contribution < -0.4 is 15.5 Å². The molecule has 32 heavy (non-hydrogen) atoms. The van der Waals surface area contributed by atoms with Crippen LogP contribution in [0.1, 0.15) is 41.8 Å². The van der Waals surface area contributed by atoms with Gasteiger partial charge < -0.3 is 10.1 Å². The van der Waals surface area contributed by atoms with Gasteiger partial charge in [0.25, 0.3) is 5.91 Å². The molecular formula is C26H27N3O3. The summed E-state index contributed by atoms with van der Waals surface area (Å²) in [5, 5.41) is 6.88. The topological polar surface area (TPSA) is 79.8 Å². The van der Waals surface area contributed by atoms with E-state index in [1.54, 1.807) is 30.5 Å². The molecule has 0 radical (unpaired) electrons. The first-order chi connectivity index (χ1) is 15.5. The van der Waals surface area contributed by atoms with E-state index in [4.69, 9.17) is 4.74 Å². The molecule has 0 aromatic heterocycles. The summed E-state index contributed by atoms with van der Waals surface area (Å²) >= 11 is 0. The molecule has 3 aromatic rings. The predicted octanol–water partition coefficient (Wildman–Crippen LogP) is 5.01. The van der Waals surface area contributed by atoms with Crippen molar-refractivity contribution in [3.8, 4) is 5.75 Å². The van der Waals surface area contributed by atoms with E-state index < -0.39 is 0 Å². The van der Waals surface area contributed by atoms with Crippen LogP contribution >= 0.6 is 0 Å². The van der Waals surface area contributed by atoms with Crippen molar-refractivity contribution in [2.24, 2.45) is 11.0 Å². The molecule has 0 atom stereocenters. The van der Waals surface area contributed by atoms with E-state index in [2.05, 4.69) is 15.8 Å². The third-order valence-electron chi connectivity index (χ3n) is 4.55. The summed E-state index contributed by atoms with van der Waals surface area (Å²) in [5.41, 5.74) is 5.44. The van der Waals surface area contributed by atoms with Crippen LogP contribution in [0.4, 0.5) is 5.69 Å². The fraction of sp³-hybridized carbons (Fsp3) is 0.192. The summed E-state index contributed by atoms with van der Waals surface area (Å²) in [6.07, 6.45) is 2.01. The molecule has 0 aliphatic rings. The third-order valence-corrected chi connectivity index (χ3v) is 4.55. The SMILES string of the molecule is CC(C)CC(=O)Nc1ccc(C(=O)N/N=C/c2ccccc2OCc2ccccc2)cc1. The van der Waals surface area contributed by atoms with Crippen molar-refractivity contribution in [3.05, 3.63) is 95.6 Å². The van der Waals surface area contributed by atoms with Crippen LogP contribution in [0.25, 0.3) is 0 Å². The number of hydrogen-bond donors (Lipinski definition) is 2. The van der Waals surface area contributed by atoms with Crippen LogP contribution in [0.15, 0.2) is 84.0 Å². The highest BCUT2D eigenvalue weighted by atomic mass is 16.5. The van der Waals surface area contributed by atoms with Crippen LogP contribution in [0, 0.1) is 5.92 Å². The Hall–Kier alpha value is -3.93. The molecule has 0 saturated carbocycles. The number of carbonyl (C=O) groups is 2. The Morgan fingerprint density at radius 2 is 1.62 bits per heavy atom. The fourth-order valence-corrected chi connectivity index (χ4v) is 2.97. The van der Waals surface area contributed by atoms with Crippen molar-refractivity contribution in [1.29, 1.82) is 0 Å². The number of para-hydroxylation sites is 1. The summed E-state index contributed by atoms with van der Waals surface area (Å²) < 4.78 is 5.90. The average molecular weight is 430 g/mol. The minimum atomic E-state index is -0.344. The minimum Gasteiger partial charge on any atom is -0.488 e. The highest BCUT2D eigenvalue weighted by molar-refractivity contribution is 5.96. The molecule has 0 aliphatic heterocycles. The van der Waals surface area contributed by atoms with Gasteiger partial charge in [0.15, 0.2) is 0 Å². The molecule has 3 aromatic carbocycles. The minimum absolute atomic E-state index is 0.0463. The maximum atomic E-state index is 12.4. The zero-order valence-electron chi connectivity index (χ0n) is 18.2. The molecule has 164 valence electrons. The van der Waals surface area contributed by atoms with Crippen molar-refractivity contribution >= 4 is 23.7 Å². The Kier molecular flexibility index (Phi) is 8.15. The Labute approximate surface area is 188 Å². The van der Waals surface area contributed by atoms with E-state index in [0.29, 0.717) is 30.0 Å². The van der Waals surface area contributed by atoms with Crippen LogP contribution in [-0.2, 0) is 11.4 Å². The summed E-state index contributed by atoms with van der Waals surface area (Å²) in [5.74, 6) is 0.571. The van der Waals surface area contributed by atoms with E-state index in [1.807, 2.05) is 68.4 Å². The highest BCUT2D eigenvalue weighted by Crippen LogP contribution is 2.17. The lowest BCUT2D eigenvalue weighted by molar-refractivity contribution is -0.116. The predicted molar refractivity (Wildman–Crippen MR) is 127 cm³/mol. The second-order valence-corrected chi connectivity index (χ2v) is 7.73. The highest BCUT2D eigenvalue weighted by Gasteiger charge is 2.08. The summed E-state index contributed by atoms with van der Waals surface area (Å²) in [4.78, 5) is 24.2. The van der Waals surface area contributed by atoms with Gasteiger partial charge in [0, 0.05) is 23.2 Å². The number of amides is 2. The first kappa shape index (κ1) is 22.7. The Morgan fingerprint density at radius 1 is 0.938 bits per heavy atom. The van der Waals surface area contributed by atoms with Crippen molar-refractivity contribution < 1.29 is 14.3 Å². The molecule has 3 rings (SSSR count). The van der Waals surface area contributed by atoms with Crippen LogP contribution in [0.3, 0.4) is 0 Å². The quantitative estimate of drug-likeness (QED) is 0.370. The van der Waals surface area contributed by atoms with Gasteiger partial charge in [0.1, 0.15) is 12.4 Å². The molecule has 6 nitrogen and oxygen atoms in total. The van der Waals surface area contributed by atoms with Gasteiger partial charge >= 0.3 is 0 Å². The molecule has 0 heterocycles. The van der Waals surface area contributed by atoms with E-state index in [0.717, 1.165) is 11.1 Å². The Balaban J connectivity index is 1.55. The molecule has 0 saturated heterocycles. The van der Waals surface area contributed by atoms with Crippen molar-refractivity contribution in [1.82, 2.24) is 5.43 Å². The first-order valence-electron chi connectivity index (χ1n) is 10.5. The maximum Gasteiger partial charge on any atom is 0.271 e. The number of hydrazone groups is 1. The zero-order valence-corrected chi connectivity index (χ0v) is 18.2. The van der Waals surface area contributed by atoms with E-state index in [9.17, 15) is 9.59 Å². The largest absolute Gasteiger partial charge is 0.488 e. The molecule has 6 heteroatoms. The number of benzene rings is 3. The number of nitrogens with zero attached hydrogens (tertiary/aromatic N) is 1. The molecule has 2 N–H and O–H groups in total. The molecule has 0 aliphatic carbocycles. The van der Waals surface area contributed by atoms with E-state index in [1.165, 1.54) is 0 Å². The van der Waals surface area contributed by atoms with Gasteiger partial charge in [-0.2, -0.15) is 5.10 Å². The van der Waals surface area contributed by atoms with Crippen molar-refractivity contribution in [2.75, 3.05) is 5.32 Å². The molecule has 2 amide bonds. The van der Waals surface area contributed by atoms with E-state index in [-0.39, 0.29) is 17.7 Å². The number of rotatable bonds is 9. The zero-order chi connectivity index (χ0) is 22.8. The van der Waals surface area contributed by atoms with Gasteiger partial charge in [-0.25, -0.2) is 5.43 Å². The van der Waals surface area contributed by atoms with Crippen LogP contribution in [-0.4, -0.2) is 18.0 Å². The van der Waals surface area contributed by atoms with Gasteiger partial charge in [-0.15, -0.1) is 0 Å². The fourth-order valence-electron chi connectivity index (χ4n) is 2.97. The maximum absolute atomic E-state index is 12.4. The second kappa shape index (κ2) is 11.5. The van der Waals surface area contributed by atoms with E-state index >= 15 is 0 Å². The standard InChI is InChI=1S/C26H27N3O3/c1-19(2)16-25(30)28-23-14-12-21(13-15-23)26(31)29-27-17-22-10-6-7-11-24(22)32-18-20-8-4-3-5-9-20/h3-15,17,19H,16,18H2,1-2H3,(H,28,30)(H,29,31)/b27-17+. The first-order valence-corrected chi connectivity index (χ1v) is 10.5. The van der Waals surface area contributed by atoms with Gasteiger partial charge in [-0.3, -0.25) is 9.59 Å². The van der Waals surface area contributed by atoms with Crippen molar-refractivity contribution in [2.45, 2.75) is 26.9 Å². The van der Waals surface area contributed by atoms with Gasteiger partial charge in [0.2, 0.25) is 5.91 Å². The summed E-state index contributed by atoms with van der Waals surface area (Å²) in [6.45, 7) is 4.42. The normalized spacial score (nSPS) is 10.8. The molecular weight excluding hydrogens is 402 g/mol. The monoisotopic (exact) mass is 429 g/mol. The lowest BCUT2D eigenvalue weighted by Crippen LogP contribution is -2.18.